The maximum absolute atomic E-state index is 13.8. The first-order chi connectivity index (χ1) is 14.6. The lowest BCUT2D eigenvalue weighted by molar-refractivity contribution is 0.185. The molecule has 0 radical (unpaired) electrons. The fourth-order valence-electron chi connectivity index (χ4n) is 3.59. The number of imidazole rings is 1. The van der Waals surface area contributed by atoms with E-state index in [0.29, 0.717) is 34.1 Å². The minimum absolute atomic E-state index is 0.348. The summed E-state index contributed by atoms with van der Waals surface area (Å²) in [6.07, 6.45) is 1.90. The molecule has 0 aliphatic carbocycles. The number of hydrogen-bond donors (Lipinski definition) is 3. The van der Waals surface area contributed by atoms with E-state index in [9.17, 15) is 9.50 Å². The van der Waals surface area contributed by atoms with Crippen LogP contribution in [-0.4, -0.2) is 36.9 Å². The number of aromatic nitrogens is 4. The third-order valence-electron chi connectivity index (χ3n) is 4.99. The fraction of sp³-hybridized carbons (Fsp3) is 0.143. The topological polar surface area (TPSA) is 102 Å². The van der Waals surface area contributed by atoms with Crippen LogP contribution >= 0.6 is 0 Å². The number of amidine groups is 1. The third-order valence-corrected chi connectivity index (χ3v) is 4.99. The van der Waals surface area contributed by atoms with E-state index in [0.717, 1.165) is 5.69 Å². The molecule has 2 atom stereocenters. The second-order valence-corrected chi connectivity index (χ2v) is 6.94. The Morgan fingerprint density at radius 1 is 1.13 bits per heavy atom. The van der Waals surface area contributed by atoms with Crippen LogP contribution in [0.5, 0.6) is 0 Å². The number of aliphatic hydroxyl groups is 1. The standard InChI is InChI=1S/C21H18FN7O/c1-12(27-19-17-18(24-10-23-17)25-11-26-19)20-28-16-8-7-13(22)9-15(16)21(30)29(20)14-5-3-2-4-6-14/h2-12,21,30H,1H3,(H2,23,24,25,26,27)/t12-,21?/m0/s1. The number of hydrogen-bond acceptors (Lipinski definition) is 7. The van der Waals surface area contributed by atoms with E-state index >= 15 is 0 Å². The van der Waals surface area contributed by atoms with E-state index in [4.69, 9.17) is 4.99 Å². The van der Waals surface area contributed by atoms with Gasteiger partial charge in [0.2, 0.25) is 0 Å². The maximum Gasteiger partial charge on any atom is 0.182 e. The van der Waals surface area contributed by atoms with Gasteiger partial charge in [-0.25, -0.2) is 24.3 Å². The van der Waals surface area contributed by atoms with Crippen molar-refractivity contribution in [1.82, 2.24) is 19.9 Å². The Bertz CT molecular complexity index is 1240. The van der Waals surface area contributed by atoms with Crippen molar-refractivity contribution in [3.05, 3.63) is 72.6 Å². The van der Waals surface area contributed by atoms with Gasteiger partial charge in [0, 0.05) is 11.3 Å². The monoisotopic (exact) mass is 403 g/mol. The highest BCUT2D eigenvalue weighted by Crippen LogP contribution is 2.37. The van der Waals surface area contributed by atoms with E-state index in [1.807, 2.05) is 37.3 Å². The molecule has 1 aliphatic heterocycles. The molecule has 8 nitrogen and oxygen atoms in total. The van der Waals surface area contributed by atoms with E-state index < -0.39 is 12.0 Å². The molecule has 3 heterocycles. The second kappa shape index (κ2) is 7.20. The molecular weight excluding hydrogens is 385 g/mol. The number of anilines is 2. The summed E-state index contributed by atoms with van der Waals surface area (Å²) in [6, 6.07) is 13.2. The third kappa shape index (κ3) is 3.05. The van der Waals surface area contributed by atoms with Crippen molar-refractivity contribution in [3.63, 3.8) is 0 Å². The Morgan fingerprint density at radius 3 is 2.80 bits per heavy atom. The highest BCUT2D eigenvalue weighted by atomic mass is 19.1. The van der Waals surface area contributed by atoms with Crippen LogP contribution in [0.4, 0.5) is 21.6 Å². The zero-order chi connectivity index (χ0) is 20.7. The molecule has 1 aliphatic rings. The number of aliphatic imine (C=N–C) groups is 1. The maximum atomic E-state index is 13.8. The van der Waals surface area contributed by atoms with Crippen LogP contribution in [0.25, 0.3) is 11.2 Å². The van der Waals surface area contributed by atoms with Gasteiger partial charge in [-0.3, -0.25) is 4.90 Å². The summed E-state index contributed by atoms with van der Waals surface area (Å²) >= 11 is 0. The van der Waals surface area contributed by atoms with E-state index in [1.165, 1.54) is 18.5 Å². The van der Waals surface area contributed by atoms with E-state index in [2.05, 4.69) is 25.3 Å². The summed E-state index contributed by atoms with van der Waals surface area (Å²) < 4.78 is 13.8. The van der Waals surface area contributed by atoms with Gasteiger partial charge in [0.25, 0.3) is 0 Å². The van der Waals surface area contributed by atoms with Gasteiger partial charge in [-0.2, -0.15) is 0 Å². The van der Waals surface area contributed by atoms with Crippen molar-refractivity contribution in [1.29, 1.82) is 0 Å². The Balaban J connectivity index is 1.59. The second-order valence-electron chi connectivity index (χ2n) is 6.94. The number of halogens is 1. The van der Waals surface area contributed by atoms with E-state index in [-0.39, 0.29) is 6.04 Å². The number of nitrogens with one attached hydrogen (secondary N) is 2. The molecule has 4 aromatic rings. The number of fused-ring (bicyclic) bond motifs is 2. The lowest BCUT2D eigenvalue weighted by Gasteiger charge is -2.37. The summed E-state index contributed by atoms with van der Waals surface area (Å²) in [5, 5.41) is 14.5. The molecule has 0 saturated carbocycles. The minimum atomic E-state index is -1.09. The summed E-state index contributed by atoms with van der Waals surface area (Å²) in [4.78, 5) is 22.0. The molecule has 0 bridgehead atoms. The number of rotatable bonds is 4. The van der Waals surface area contributed by atoms with Crippen molar-refractivity contribution in [2.24, 2.45) is 4.99 Å². The molecule has 0 fully saturated rings. The first-order valence-corrected chi connectivity index (χ1v) is 9.43. The Labute approximate surface area is 171 Å². The number of aliphatic hydroxyl groups excluding tert-OH is 1. The molecule has 1 unspecified atom stereocenters. The summed E-state index contributed by atoms with van der Waals surface area (Å²) in [5.74, 6) is 0.715. The first-order valence-electron chi connectivity index (χ1n) is 9.43. The SMILES string of the molecule is C[C@H](Nc1ncnc2nc[nH]c12)C1=Nc2ccc(F)cc2C(O)N1c1ccccc1. The molecule has 150 valence electrons. The van der Waals surface area contributed by atoms with Crippen LogP contribution in [-0.2, 0) is 0 Å². The highest BCUT2D eigenvalue weighted by molar-refractivity contribution is 6.06. The normalized spacial score (nSPS) is 16.8. The average molecular weight is 403 g/mol. The molecule has 0 amide bonds. The quantitative estimate of drug-likeness (QED) is 0.482. The first kappa shape index (κ1) is 18.2. The van der Waals surface area contributed by atoms with Gasteiger partial charge in [-0.05, 0) is 37.3 Å². The molecule has 2 aromatic heterocycles. The zero-order valence-electron chi connectivity index (χ0n) is 16.0. The highest BCUT2D eigenvalue weighted by Gasteiger charge is 2.33. The van der Waals surface area contributed by atoms with Crippen LogP contribution in [0.1, 0.15) is 18.7 Å². The van der Waals surface area contributed by atoms with Crippen LogP contribution in [0.2, 0.25) is 0 Å². The lowest BCUT2D eigenvalue weighted by atomic mass is 10.1. The molecule has 9 heteroatoms. The van der Waals surface area contributed by atoms with Gasteiger partial charge in [-0.1, -0.05) is 18.2 Å². The van der Waals surface area contributed by atoms with Gasteiger partial charge in [0.15, 0.2) is 17.7 Å². The minimum Gasteiger partial charge on any atom is -0.369 e. The number of nitrogens with zero attached hydrogens (tertiary/aromatic N) is 5. The van der Waals surface area contributed by atoms with Gasteiger partial charge in [0.1, 0.15) is 23.5 Å². The van der Waals surface area contributed by atoms with Crippen molar-refractivity contribution in [2.45, 2.75) is 19.2 Å². The predicted octanol–water partition coefficient (Wildman–Crippen LogP) is 3.53. The lowest BCUT2D eigenvalue weighted by Crippen LogP contribution is -2.45. The van der Waals surface area contributed by atoms with Gasteiger partial charge >= 0.3 is 0 Å². The average Bonchev–Trinajstić information content (AvgIpc) is 3.24. The molecule has 5 rings (SSSR count). The molecule has 0 saturated heterocycles. The number of para-hydroxylation sites is 1. The molecular formula is C21H18FN7O. The Kier molecular flexibility index (Phi) is 4.36. The van der Waals surface area contributed by atoms with Gasteiger partial charge in [0.05, 0.1) is 18.1 Å². The molecule has 0 spiro atoms. The van der Waals surface area contributed by atoms with Crippen LogP contribution in [0.15, 0.2) is 66.2 Å². The van der Waals surface area contributed by atoms with Crippen molar-refractivity contribution >= 4 is 34.2 Å². The number of aromatic amines is 1. The zero-order valence-corrected chi connectivity index (χ0v) is 16.0. The Hall–Kier alpha value is -3.85. The number of benzene rings is 2. The van der Waals surface area contributed by atoms with Crippen LogP contribution in [0, 0.1) is 5.82 Å². The predicted molar refractivity (Wildman–Crippen MR) is 112 cm³/mol. The summed E-state index contributed by atoms with van der Waals surface area (Å²) in [6.45, 7) is 1.92. The van der Waals surface area contributed by atoms with Crippen molar-refractivity contribution in [2.75, 3.05) is 10.2 Å². The van der Waals surface area contributed by atoms with Crippen molar-refractivity contribution in [3.8, 4) is 0 Å². The van der Waals surface area contributed by atoms with Crippen molar-refractivity contribution < 1.29 is 9.50 Å². The smallest absolute Gasteiger partial charge is 0.182 e. The Morgan fingerprint density at radius 2 is 1.97 bits per heavy atom. The van der Waals surface area contributed by atoms with Crippen LogP contribution < -0.4 is 10.2 Å². The summed E-state index contributed by atoms with van der Waals surface area (Å²) in [7, 11) is 0. The molecule has 3 N–H and O–H groups in total. The van der Waals surface area contributed by atoms with E-state index in [1.54, 1.807) is 17.3 Å². The molecule has 2 aromatic carbocycles. The van der Waals surface area contributed by atoms with Gasteiger partial charge < -0.3 is 15.4 Å². The largest absolute Gasteiger partial charge is 0.369 e. The number of H-pyrrole nitrogens is 1. The van der Waals surface area contributed by atoms with Gasteiger partial charge in [-0.15, -0.1) is 0 Å². The fourth-order valence-corrected chi connectivity index (χ4v) is 3.59. The summed E-state index contributed by atoms with van der Waals surface area (Å²) in [5.41, 5.74) is 2.89. The molecule has 30 heavy (non-hydrogen) atoms. The van der Waals surface area contributed by atoms with Crippen LogP contribution in [0.3, 0.4) is 0 Å².